The Bertz CT molecular complexity index is 1330. The van der Waals surface area contributed by atoms with Gasteiger partial charge in [-0.15, -0.1) is 0 Å². The van der Waals surface area contributed by atoms with Crippen molar-refractivity contribution in [3.8, 4) is 0 Å². The average molecular weight is 617 g/mol. The SMILES string of the molecule is CC1=CC(C(C2=C(C)C(C)C(C)(O)C(C)=C2)(C2=C(C)C(C)C(C)(O)C(C)=C2)C2=C(C)C(C)C(C)(O)C(C)=C2)=C(C)C(C)C1(C)O. The van der Waals surface area contributed by atoms with Crippen LogP contribution < -0.4 is 0 Å². The van der Waals surface area contributed by atoms with Gasteiger partial charge in [0.2, 0.25) is 0 Å². The van der Waals surface area contributed by atoms with Gasteiger partial charge in [-0.1, -0.05) is 74.3 Å². The van der Waals surface area contributed by atoms with E-state index in [1.54, 1.807) is 0 Å². The molecular weight excluding hydrogens is 556 g/mol. The van der Waals surface area contributed by atoms with Gasteiger partial charge in [-0.05, 0) is 128 Å². The van der Waals surface area contributed by atoms with Gasteiger partial charge in [0, 0.05) is 23.7 Å². The van der Waals surface area contributed by atoms with Crippen molar-refractivity contribution in [2.75, 3.05) is 0 Å². The summed E-state index contributed by atoms with van der Waals surface area (Å²) in [4.78, 5) is 0. The quantitative estimate of drug-likeness (QED) is 0.255. The molecule has 0 saturated carbocycles. The maximum absolute atomic E-state index is 11.7. The third-order valence-electron chi connectivity index (χ3n) is 13.9. The molecule has 4 N–H and O–H groups in total. The second-order valence-electron chi connectivity index (χ2n) is 15.9. The van der Waals surface area contributed by atoms with Crippen molar-refractivity contribution < 1.29 is 20.4 Å². The van der Waals surface area contributed by atoms with Crippen molar-refractivity contribution in [2.24, 2.45) is 29.1 Å². The molecule has 0 saturated heterocycles. The molecule has 0 spiro atoms. The topological polar surface area (TPSA) is 80.9 Å². The maximum atomic E-state index is 11.7. The fourth-order valence-corrected chi connectivity index (χ4v) is 8.38. The van der Waals surface area contributed by atoms with Crippen molar-refractivity contribution in [1.29, 1.82) is 0 Å². The molecular formula is C41H60O4. The van der Waals surface area contributed by atoms with Crippen LogP contribution in [0.1, 0.15) is 111 Å². The molecule has 4 aliphatic carbocycles. The van der Waals surface area contributed by atoms with Gasteiger partial charge in [0.15, 0.2) is 0 Å². The van der Waals surface area contributed by atoms with E-state index in [0.29, 0.717) is 0 Å². The molecule has 4 rings (SSSR count). The molecule has 0 aromatic carbocycles. The molecule has 0 aromatic heterocycles. The van der Waals surface area contributed by atoms with Crippen LogP contribution >= 0.6 is 0 Å². The van der Waals surface area contributed by atoms with E-state index in [9.17, 15) is 20.4 Å². The van der Waals surface area contributed by atoms with Gasteiger partial charge >= 0.3 is 0 Å². The molecule has 8 unspecified atom stereocenters. The number of hydrogen-bond acceptors (Lipinski definition) is 4. The lowest BCUT2D eigenvalue weighted by Gasteiger charge is -2.53. The summed E-state index contributed by atoms with van der Waals surface area (Å²) in [6.45, 7) is 32.8. The lowest BCUT2D eigenvalue weighted by molar-refractivity contribution is 0.0511. The lowest BCUT2D eigenvalue weighted by atomic mass is 9.51. The van der Waals surface area contributed by atoms with Crippen LogP contribution in [-0.2, 0) is 0 Å². The zero-order valence-electron chi connectivity index (χ0n) is 30.9. The second kappa shape index (κ2) is 10.9. The predicted molar refractivity (Wildman–Crippen MR) is 187 cm³/mol. The van der Waals surface area contributed by atoms with Crippen molar-refractivity contribution in [3.05, 3.63) is 91.2 Å². The molecule has 0 bridgehead atoms. The fourth-order valence-electron chi connectivity index (χ4n) is 8.38. The highest BCUT2D eigenvalue weighted by Gasteiger charge is 2.54. The standard InChI is InChI=1S/C41H60O4/c1-21-17-33(25(5)29(9)37(21,13)42)41(34-18-22(2)38(14,43)30(10)26(34)6,35-19-23(3)39(15,44)31(11)27(35)7)36-20-24(4)40(16,45)32(12)28(36)8/h17-20,29-32,42-45H,1-16H3. The van der Waals surface area contributed by atoms with E-state index >= 15 is 0 Å². The number of hydrogen-bond donors (Lipinski definition) is 4. The number of rotatable bonds is 4. The Morgan fingerprint density at radius 1 is 0.400 bits per heavy atom. The van der Waals surface area contributed by atoms with Crippen LogP contribution in [0.5, 0.6) is 0 Å². The summed E-state index contributed by atoms with van der Waals surface area (Å²) in [6.07, 6.45) is 8.83. The van der Waals surface area contributed by atoms with Crippen LogP contribution in [0.2, 0.25) is 0 Å². The molecule has 0 aromatic rings. The van der Waals surface area contributed by atoms with Gasteiger partial charge in [-0.2, -0.15) is 0 Å². The van der Waals surface area contributed by atoms with Gasteiger partial charge in [0.05, 0.1) is 27.8 Å². The lowest BCUT2D eigenvalue weighted by Crippen LogP contribution is -2.47. The molecule has 0 fully saturated rings. The Hall–Kier alpha value is -2.24. The zero-order valence-corrected chi connectivity index (χ0v) is 30.9. The molecule has 0 radical (unpaired) electrons. The van der Waals surface area contributed by atoms with Crippen molar-refractivity contribution >= 4 is 0 Å². The first-order valence-corrected chi connectivity index (χ1v) is 16.8. The first-order chi connectivity index (χ1) is 20.3. The van der Waals surface area contributed by atoms with E-state index in [2.05, 4.69) is 79.7 Å². The first-order valence-electron chi connectivity index (χ1n) is 16.8. The summed E-state index contributed by atoms with van der Waals surface area (Å²) in [5, 5.41) is 46.9. The minimum atomic E-state index is -1.00. The summed E-state index contributed by atoms with van der Waals surface area (Å²) in [5.41, 5.74) is 7.63. The van der Waals surface area contributed by atoms with Gasteiger partial charge in [-0.25, -0.2) is 0 Å². The highest BCUT2D eigenvalue weighted by atomic mass is 16.3. The van der Waals surface area contributed by atoms with Crippen LogP contribution in [0.4, 0.5) is 0 Å². The molecule has 0 aliphatic heterocycles. The normalized spacial score (nSPS) is 41.2. The predicted octanol–water partition coefficient (Wildman–Crippen LogP) is 8.63. The van der Waals surface area contributed by atoms with Gasteiger partial charge < -0.3 is 20.4 Å². The van der Waals surface area contributed by atoms with Crippen molar-refractivity contribution in [1.82, 2.24) is 0 Å². The maximum Gasteiger partial charge on any atom is 0.0891 e. The third-order valence-corrected chi connectivity index (χ3v) is 13.9. The molecule has 0 amide bonds. The smallest absolute Gasteiger partial charge is 0.0891 e. The van der Waals surface area contributed by atoms with Crippen LogP contribution in [0.15, 0.2) is 91.2 Å². The van der Waals surface area contributed by atoms with E-state index in [0.717, 1.165) is 66.9 Å². The molecule has 8 atom stereocenters. The first kappa shape index (κ1) is 35.6. The largest absolute Gasteiger partial charge is 0.385 e. The van der Waals surface area contributed by atoms with Crippen molar-refractivity contribution in [2.45, 2.75) is 133 Å². The summed E-state index contributed by atoms with van der Waals surface area (Å²) < 4.78 is 0. The highest BCUT2D eigenvalue weighted by molar-refractivity contribution is 5.71. The summed E-state index contributed by atoms with van der Waals surface area (Å²) in [7, 11) is 0. The zero-order chi connectivity index (χ0) is 34.6. The van der Waals surface area contributed by atoms with Gasteiger partial charge in [-0.3, -0.25) is 0 Å². The fraction of sp³-hybridized carbons (Fsp3) is 0.610. The molecule has 4 nitrogen and oxygen atoms in total. The highest BCUT2D eigenvalue weighted by Crippen LogP contribution is 2.63. The third kappa shape index (κ3) is 4.76. The molecule has 4 aliphatic rings. The van der Waals surface area contributed by atoms with E-state index in [-0.39, 0.29) is 23.7 Å². The summed E-state index contributed by atoms with van der Waals surface area (Å²) in [6, 6.07) is 0. The van der Waals surface area contributed by atoms with Crippen LogP contribution in [0.3, 0.4) is 0 Å². The second-order valence-corrected chi connectivity index (χ2v) is 15.9. The molecule has 0 heterocycles. The average Bonchev–Trinajstić information content (AvgIpc) is 2.95. The summed E-state index contributed by atoms with van der Waals surface area (Å²) >= 11 is 0. The Kier molecular flexibility index (Phi) is 8.63. The van der Waals surface area contributed by atoms with Crippen LogP contribution in [-0.4, -0.2) is 42.8 Å². The van der Waals surface area contributed by atoms with Crippen LogP contribution in [0.25, 0.3) is 0 Å². The Morgan fingerprint density at radius 2 is 0.556 bits per heavy atom. The Morgan fingerprint density at radius 3 is 0.711 bits per heavy atom. The summed E-state index contributed by atoms with van der Waals surface area (Å²) in [5.74, 6) is -0.622. The van der Waals surface area contributed by atoms with Crippen molar-refractivity contribution in [3.63, 3.8) is 0 Å². The monoisotopic (exact) mass is 616 g/mol. The van der Waals surface area contributed by atoms with E-state index in [1.807, 2.05) is 55.4 Å². The number of allylic oxidation sites excluding steroid dienone is 8. The number of aliphatic hydroxyl groups is 4. The molecule has 45 heavy (non-hydrogen) atoms. The molecule has 4 heteroatoms. The minimum Gasteiger partial charge on any atom is -0.385 e. The van der Waals surface area contributed by atoms with E-state index in [4.69, 9.17) is 0 Å². The Labute approximate surface area is 273 Å². The molecule has 248 valence electrons. The van der Waals surface area contributed by atoms with E-state index < -0.39 is 27.8 Å². The minimum absolute atomic E-state index is 0.155. The van der Waals surface area contributed by atoms with Gasteiger partial charge in [0.1, 0.15) is 0 Å². The van der Waals surface area contributed by atoms with E-state index in [1.165, 1.54) is 0 Å². The Balaban J connectivity index is 2.40. The van der Waals surface area contributed by atoms with Crippen LogP contribution in [0, 0.1) is 29.1 Å². The van der Waals surface area contributed by atoms with Gasteiger partial charge in [0.25, 0.3) is 0 Å².